The summed E-state index contributed by atoms with van der Waals surface area (Å²) in [6.07, 6.45) is 5.58. The molecule has 0 heterocycles. The van der Waals surface area contributed by atoms with Crippen LogP contribution in [0.3, 0.4) is 0 Å². The van der Waals surface area contributed by atoms with E-state index in [1.165, 1.54) is 25.7 Å². The van der Waals surface area contributed by atoms with Gasteiger partial charge in [-0.2, -0.15) is 0 Å². The van der Waals surface area contributed by atoms with Crippen molar-refractivity contribution in [2.24, 2.45) is 5.92 Å². The van der Waals surface area contributed by atoms with Crippen molar-refractivity contribution in [3.8, 4) is 0 Å². The highest BCUT2D eigenvalue weighted by Crippen LogP contribution is 2.28. The molecule has 1 aliphatic carbocycles. The number of amides is 1. The van der Waals surface area contributed by atoms with Crippen molar-refractivity contribution >= 4 is 17.3 Å². The zero-order valence-electron chi connectivity index (χ0n) is 11.3. The molecule has 0 aliphatic heterocycles. The van der Waals surface area contributed by atoms with Gasteiger partial charge in [0, 0.05) is 17.8 Å². The number of benzene rings is 1. The van der Waals surface area contributed by atoms with Crippen LogP contribution in [0.2, 0.25) is 0 Å². The van der Waals surface area contributed by atoms with Crippen LogP contribution < -0.4 is 11.1 Å². The van der Waals surface area contributed by atoms with Crippen molar-refractivity contribution in [1.82, 2.24) is 0 Å². The largest absolute Gasteiger partial charge is 0.398 e. The van der Waals surface area contributed by atoms with Crippen LogP contribution in [0.15, 0.2) is 12.1 Å². The molecular formula is C15H22N2O. The standard InChI is InChI=1S/C15H22N2O/c1-10-7-11(2)14(9-13(10)16)17-15(18)8-12-5-3-4-6-12/h7,9,12H,3-6,8,16H2,1-2H3,(H,17,18). The smallest absolute Gasteiger partial charge is 0.224 e. The Morgan fingerprint density at radius 3 is 2.61 bits per heavy atom. The second kappa shape index (κ2) is 5.42. The summed E-state index contributed by atoms with van der Waals surface area (Å²) >= 11 is 0. The number of nitrogens with two attached hydrogens (primary N) is 1. The molecule has 18 heavy (non-hydrogen) atoms. The SMILES string of the molecule is Cc1cc(C)c(NC(=O)CC2CCCC2)cc1N. The minimum atomic E-state index is 0.119. The van der Waals surface area contributed by atoms with E-state index < -0.39 is 0 Å². The highest BCUT2D eigenvalue weighted by atomic mass is 16.1. The molecular weight excluding hydrogens is 224 g/mol. The van der Waals surface area contributed by atoms with E-state index in [1.807, 2.05) is 26.0 Å². The first-order valence-electron chi connectivity index (χ1n) is 6.73. The highest BCUT2D eigenvalue weighted by Gasteiger charge is 2.18. The van der Waals surface area contributed by atoms with Crippen molar-refractivity contribution in [1.29, 1.82) is 0 Å². The number of carbonyl (C=O) groups is 1. The predicted octanol–water partition coefficient (Wildman–Crippen LogP) is 3.40. The van der Waals surface area contributed by atoms with Gasteiger partial charge in [-0.25, -0.2) is 0 Å². The third kappa shape index (κ3) is 3.03. The van der Waals surface area contributed by atoms with E-state index >= 15 is 0 Å². The summed E-state index contributed by atoms with van der Waals surface area (Å²) in [5.41, 5.74) is 9.59. The monoisotopic (exact) mass is 246 g/mol. The fraction of sp³-hybridized carbons (Fsp3) is 0.533. The molecule has 0 saturated heterocycles. The van der Waals surface area contributed by atoms with Crippen LogP contribution in [0, 0.1) is 19.8 Å². The Morgan fingerprint density at radius 2 is 1.94 bits per heavy atom. The first kappa shape index (κ1) is 12.9. The summed E-state index contributed by atoms with van der Waals surface area (Å²) in [5, 5.41) is 2.99. The van der Waals surface area contributed by atoms with E-state index in [0.717, 1.165) is 22.5 Å². The van der Waals surface area contributed by atoms with Crippen LogP contribution in [-0.2, 0) is 4.79 Å². The fourth-order valence-corrected chi connectivity index (χ4v) is 2.68. The molecule has 1 aromatic carbocycles. The third-order valence-electron chi connectivity index (χ3n) is 3.84. The summed E-state index contributed by atoms with van der Waals surface area (Å²) in [7, 11) is 0. The normalized spacial score (nSPS) is 15.9. The number of anilines is 2. The summed E-state index contributed by atoms with van der Waals surface area (Å²) in [6, 6.07) is 3.87. The van der Waals surface area contributed by atoms with Gasteiger partial charge in [-0.15, -0.1) is 0 Å². The van der Waals surface area contributed by atoms with Gasteiger partial charge in [-0.05, 0) is 49.8 Å². The average molecular weight is 246 g/mol. The molecule has 0 atom stereocenters. The Morgan fingerprint density at radius 1 is 1.28 bits per heavy atom. The maximum atomic E-state index is 12.0. The van der Waals surface area contributed by atoms with E-state index in [2.05, 4.69) is 5.32 Å². The number of nitrogen functional groups attached to an aromatic ring is 1. The van der Waals surface area contributed by atoms with Crippen LogP contribution in [0.4, 0.5) is 11.4 Å². The van der Waals surface area contributed by atoms with Crippen molar-refractivity contribution < 1.29 is 4.79 Å². The van der Waals surface area contributed by atoms with Gasteiger partial charge in [0.15, 0.2) is 0 Å². The lowest BCUT2D eigenvalue weighted by Gasteiger charge is -2.13. The summed E-state index contributed by atoms with van der Waals surface area (Å²) < 4.78 is 0. The topological polar surface area (TPSA) is 55.1 Å². The molecule has 1 saturated carbocycles. The highest BCUT2D eigenvalue weighted by molar-refractivity contribution is 5.92. The van der Waals surface area contributed by atoms with E-state index in [1.54, 1.807) is 0 Å². The second-order valence-corrected chi connectivity index (χ2v) is 5.43. The molecule has 3 N–H and O–H groups in total. The van der Waals surface area contributed by atoms with Gasteiger partial charge in [-0.3, -0.25) is 4.79 Å². The molecule has 0 radical (unpaired) electrons. The number of hydrogen-bond acceptors (Lipinski definition) is 2. The van der Waals surface area contributed by atoms with Crippen molar-refractivity contribution in [3.05, 3.63) is 23.3 Å². The van der Waals surface area contributed by atoms with Gasteiger partial charge in [0.1, 0.15) is 0 Å². The van der Waals surface area contributed by atoms with Crippen molar-refractivity contribution in [3.63, 3.8) is 0 Å². The zero-order chi connectivity index (χ0) is 13.1. The summed E-state index contributed by atoms with van der Waals surface area (Å²) in [4.78, 5) is 12.0. The number of hydrogen-bond donors (Lipinski definition) is 2. The molecule has 0 spiro atoms. The average Bonchev–Trinajstić information content (AvgIpc) is 2.78. The first-order chi connectivity index (χ1) is 8.56. The molecule has 1 aliphatic rings. The quantitative estimate of drug-likeness (QED) is 0.803. The lowest BCUT2D eigenvalue weighted by atomic mass is 10.0. The van der Waals surface area contributed by atoms with E-state index in [4.69, 9.17) is 5.73 Å². The van der Waals surface area contributed by atoms with Crippen molar-refractivity contribution in [2.45, 2.75) is 46.0 Å². The first-order valence-corrected chi connectivity index (χ1v) is 6.73. The molecule has 2 rings (SSSR count). The Labute approximate surface area is 109 Å². The summed E-state index contributed by atoms with van der Waals surface area (Å²) in [5.74, 6) is 0.696. The van der Waals surface area contributed by atoms with Gasteiger partial charge in [0.05, 0.1) is 0 Å². The van der Waals surface area contributed by atoms with Gasteiger partial charge in [-0.1, -0.05) is 18.9 Å². The Balaban J connectivity index is 2.00. The molecule has 98 valence electrons. The molecule has 0 bridgehead atoms. The third-order valence-corrected chi connectivity index (χ3v) is 3.84. The van der Waals surface area contributed by atoms with Gasteiger partial charge in [0.25, 0.3) is 0 Å². The van der Waals surface area contributed by atoms with Crippen molar-refractivity contribution in [2.75, 3.05) is 11.1 Å². The number of nitrogens with one attached hydrogen (secondary N) is 1. The van der Waals surface area contributed by atoms with Crippen LogP contribution in [-0.4, -0.2) is 5.91 Å². The van der Waals surface area contributed by atoms with Gasteiger partial charge < -0.3 is 11.1 Å². The fourth-order valence-electron chi connectivity index (χ4n) is 2.68. The Bertz CT molecular complexity index is 448. The molecule has 0 unspecified atom stereocenters. The van der Waals surface area contributed by atoms with E-state index in [0.29, 0.717) is 12.3 Å². The minimum Gasteiger partial charge on any atom is -0.398 e. The van der Waals surface area contributed by atoms with Crippen LogP contribution in [0.25, 0.3) is 0 Å². The number of carbonyl (C=O) groups excluding carboxylic acids is 1. The molecule has 1 fully saturated rings. The zero-order valence-corrected chi connectivity index (χ0v) is 11.3. The summed E-state index contributed by atoms with van der Waals surface area (Å²) in [6.45, 7) is 3.98. The minimum absolute atomic E-state index is 0.119. The van der Waals surface area contributed by atoms with E-state index in [-0.39, 0.29) is 5.91 Å². The lowest BCUT2D eigenvalue weighted by molar-refractivity contribution is -0.117. The van der Waals surface area contributed by atoms with Gasteiger partial charge in [0.2, 0.25) is 5.91 Å². The molecule has 1 amide bonds. The predicted molar refractivity (Wildman–Crippen MR) is 75.5 cm³/mol. The molecule has 1 aromatic rings. The Kier molecular flexibility index (Phi) is 3.90. The lowest BCUT2D eigenvalue weighted by Crippen LogP contribution is -2.16. The van der Waals surface area contributed by atoms with E-state index in [9.17, 15) is 4.79 Å². The number of aryl methyl sites for hydroxylation is 2. The molecule has 0 aromatic heterocycles. The maximum Gasteiger partial charge on any atom is 0.224 e. The molecule has 3 nitrogen and oxygen atoms in total. The van der Waals surface area contributed by atoms with Crippen LogP contribution in [0.1, 0.15) is 43.2 Å². The molecule has 3 heteroatoms. The maximum absolute atomic E-state index is 12.0. The second-order valence-electron chi connectivity index (χ2n) is 5.43. The van der Waals surface area contributed by atoms with Gasteiger partial charge >= 0.3 is 0 Å². The van der Waals surface area contributed by atoms with Crippen LogP contribution in [0.5, 0.6) is 0 Å². The number of rotatable bonds is 3. The Hall–Kier alpha value is -1.51. The van der Waals surface area contributed by atoms with Crippen LogP contribution >= 0.6 is 0 Å².